The molecule has 1 aromatic carbocycles. The first-order chi connectivity index (χ1) is 9.40. The number of primary amides is 1. The van der Waals surface area contributed by atoms with Crippen molar-refractivity contribution in [2.45, 2.75) is 39.7 Å². The highest BCUT2D eigenvalue weighted by atomic mass is 16.6. The number of carbonyl (C=O) groups excluding carboxylic acids is 1. The zero-order valence-electron chi connectivity index (χ0n) is 12.1. The number of nitrogens with zero attached hydrogens (tertiary/aromatic N) is 1. The molecular weight excluding hydrogens is 258 g/mol. The summed E-state index contributed by atoms with van der Waals surface area (Å²) in [6, 6.07) is 4.36. The van der Waals surface area contributed by atoms with Crippen LogP contribution in [0.5, 0.6) is 0 Å². The summed E-state index contributed by atoms with van der Waals surface area (Å²) in [5, 5.41) is 14.3. The SMILES string of the molecule is CCC(CC)C(C)Nc1ccc(C(N)=O)cc1[N+](=O)[O-]. The minimum atomic E-state index is -0.673. The van der Waals surface area contributed by atoms with Gasteiger partial charge in [-0.25, -0.2) is 0 Å². The van der Waals surface area contributed by atoms with Gasteiger partial charge >= 0.3 is 0 Å². The fourth-order valence-corrected chi connectivity index (χ4v) is 2.32. The lowest BCUT2D eigenvalue weighted by atomic mass is 9.95. The molecule has 6 heteroatoms. The summed E-state index contributed by atoms with van der Waals surface area (Å²) in [5.41, 5.74) is 5.57. The lowest BCUT2D eigenvalue weighted by Crippen LogP contribution is -2.25. The van der Waals surface area contributed by atoms with Crippen LogP contribution in [0.15, 0.2) is 18.2 Å². The van der Waals surface area contributed by atoms with Crippen molar-refractivity contribution in [2.24, 2.45) is 11.7 Å². The molecule has 0 fully saturated rings. The third-order valence-corrected chi connectivity index (χ3v) is 3.62. The Bertz CT molecular complexity index is 498. The summed E-state index contributed by atoms with van der Waals surface area (Å²) in [6.07, 6.45) is 2.00. The van der Waals surface area contributed by atoms with Crippen LogP contribution in [0, 0.1) is 16.0 Å². The van der Waals surface area contributed by atoms with Crippen molar-refractivity contribution in [3.63, 3.8) is 0 Å². The predicted octanol–water partition coefficient (Wildman–Crippen LogP) is 2.93. The van der Waals surface area contributed by atoms with Crippen molar-refractivity contribution < 1.29 is 9.72 Å². The molecule has 1 aromatic rings. The van der Waals surface area contributed by atoms with Crippen molar-refractivity contribution >= 4 is 17.3 Å². The van der Waals surface area contributed by atoms with Crippen molar-refractivity contribution in [3.05, 3.63) is 33.9 Å². The monoisotopic (exact) mass is 279 g/mol. The third-order valence-electron chi connectivity index (χ3n) is 3.62. The van der Waals surface area contributed by atoms with E-state index in [-0.39, 0.29) is 17.3 Å². The van der Waals surface area contributed by atoms with E-state index >= 15 is 0 Å². The lowest BCUT2D eigenvalue weighted by molar-refractivity contribution is -0.384. The number of nitrogens with one attached hydrogen (secondary N) is 1. The fourth-order valence-electron chi connectivity index (χ4n) is 2.32. The average Bonchev–Trinajstić information content (AvgIpc) is 2.39. The van der Waals surface area contributed by atoms with Gasteiger partial charge in [-0.15, -0.1) is 0 Å². The highest BCUT2D eigenvalue weighted by Gasteiger charge is 2.20. The van der Waals surface area contributed by atoms with Crippen LogP contribution in [0.3, 0.4) is 0 Å². The van der Waals surface area contributed by atoms with Gasteiger partial charge in [-0.1, -0.05) is 26.7 Å². The van der Waals surface area contributed by atoms with Crippen molar-refractivity contribution in [1.29, 1.82) is 0 Å². The van der Waals surface area contributed by atoms with Gasteiger partial charge in [0.25, 0.3) is 5.69 Å². The van der Waals surface area contributed by atoms with E-state index in [1.165, 1.54) is 18.2 Å². The van der Waals surface area contributed by atoms with Crippen LogP contribution in [0.4, 0.5) is 11.4 Å². The lowest BCUT2D eigenvalue weighted by Gasteiger charge is -2.23. The molecule has 110 valence electrons. The fraction of sp³-hybridized carbons (Fsp3) is 0.500. The molecule has 0 saturated carbocycles. The Kier molecular flexibility index (Phi) is 5.49. The highest BCUT2D eigenvalue weighted by Crippen LogP contribution is 2.28. The molecule has 0 saturated heterocycles. The molecule has 0 aliphatic rings. The molecule has 20 heavy (non-hydrogen) atoms. The molecule has 1 amide bonds. The van der Waals surface area contributed by atoms with Gasteiger partial charge < -0.3 is 11.1 Å². The van der Waals surface area contributed by atoms with Crippen molar-refractivity contribution in [1.82, 2.24) is 0 Å². The molecule has 0 spiro atoms. The standard InChI is InChI=1S/C14H21N3O3/c1-4-10(5-2)9(3)16-12-7-6-11(14(15)18)8-13(12)17(19)20/h6-10,16H,4-5H2,1-3H3,(H2,15,18). The minimum absolute atomic E-state index is 0.114. The van der Waals surface area contributed by atoms with Gasteiger partial charge in [0, 0.05) is 17.7 Å². The Morgan fingerprint density at radius 3 is 2.45 bits per heavy atom. The highest BCUT2D eigenvalue weighted by molar-refractivity contribution is 5.94. The number of hydrogen-bond acceptors (Lipinski definition) is 4. The van der Waals surface area contributed by atoms with Crippen LogP contribution in [0.25, 0.3) is 0 Å². The van der Waals surface area contributed by atoms with E-state index < -0.39 is 10.8 Å². The van der Waals surface area contributed by atoms with Crippen LogP contribution >= 0.6 is 0 Å². The Labute approximate surface area is 118 Å². The summed E-state index contributed by atoms with van der Waals surface area (Å²) < 4.78 is 0. The normalized spacial score (nSPS) is 12.2. The average molecular weight is 279 g/mol. The van der Waals surface area contributed by atoms with E-state index in [1.54, 1.807) is 0 Å². The summed E-state index contributed by atoms with van der Waals surface area (Å²) >= 11 is 0. The molecule has 0 radical (unpaired) electrons. The largest absolute Gasteiger partial charge is 0.377 e. The van der Waals surface area contributed by atoms with E-state index in [4.69, 9.17) is 5.73 Å². The first-order valence-corrected chi connectivity index (χ1v) is 6.75. The second kappa shape index (κ2) is 6.88. The molecule has 0 heterocycles. The molecule has 0 aromatic heterocycles. The maximum atomic E-state index is 11.1. The zero-order valence-corrected chi connectivity index (χ0v) is 12.1. The molecule has 0 aliphatic carbocycles. The number of amides is 1. The number of anilines is 1. The van der Waals surface area contributed by atoms with Crippen LogP contribution in [-0.4, -0.2) is 16.9 Å². The van der Waals surface area contributed by atoms with Crippen LogP contribution < -0.4 is 11.1 Å². The minimum Gasteiger partial charge on any atom is -0.377 e. The smallest absolute Gasteiger partial charge is 0.293 e. The topological polar surface area (TPSA) is 98.3 Å². The van der Waals surface area contributed by atoms with Crippen LogP contribution in [-0.2, 0) is 0 Å². The van der Waals surface area contributed by atoms with Gasteiger partial charge in [0.1, 0.15) is 5.69 Å². The van der Waals surface area contributed by atoms with Gasteiger partial charge in [-0.2, -0.15) is 0 Å². The van der Waals surface area contributed by atoms with Gasteiger partial charge in [-0.05, 0) is 25.0 Å². The second-order valence-electron chi connectivity index (χ2n) is 4.86. The first kappa shape index (κ1) is 15.9. The molecule has 3 N–H and O–H groups in total. The molecule has 1 unspecified atom stereocenters. The number of benzene rings is 1. The molecular formula is C14H21N3O3. The molecule has 1 atom stereocenters. The van der Waals surface area contributed by atoms with E-state index in [0.717, 1.165) is 12.8 Å². The molecule has 0 aliphatic heterocycles. The summed E-state index contributed by atoms with van der Waals surface area (Å²) in [4.78, 5) is 21.7. The number of nitro benzene ring substituents is 1. The quantitative estimate of drug-likeness (QED) is 0.592. The Morgan fingerprint density at radius 2 is 2.00 bits per heavy atom. The third kappa shape index (κ3) is 3.69. The number of hydrogen-bond donors (Lipinski definition) is 2. The maximum absolute atomic E-state index is 11.1. The van der Waals surface area contributed by atoms with E-state index in [2.05, 4.69) is 19.2 Å². The van der Waals surface area contributed by atoms with Gasteiger partial charge in [0.2, 0.25) is 5.91 Å². The summed E-state index contributed by atoms with van der Waals surface area (Å²) in [5.74, 6) is -0.238. The number of carbonyl (C=O) groups is 1. The van der Waals surface area contributed by atoms with E-state index in [0.29, 0.717) is 11.6 Å². The molecule has 0 bridgehead atoms. The van der Waals surface area contributed by atoms with Crippen molar-refractivity contribution in [2.75, 3.05) is 5.32 Å². The molecule has 6 nitrogen and oxygen atoms in total. The van der Waals surface area contributed by atoms with E-state index in [9.17, 15) is 14.9 Å². The first-order valence-electron chi connectivity index (χ1n) is 6.75. The predicted molar refractivity (Wildman–Crippen MR) is 78.8 cm³/mol. The Morgan fingerprint density at radius 1 is 1.40 bits per heavy atom. The van der Waals surface area contributed by atoms with Gasteiger partial charge in [-0.3, -0.25) is 14.9 Å². The number of nitro groups is 1. The van der Waals surface area contributed by atoms with Crippen LogP contribution in [0.1, 0.15) is 44.0 Å². The number of rotatable bonds is 7. The van der Waals surface area contributed by atoms with E-state index in [1.807, 2.05) is 6.92 Å². The summed E-state index contributed by atoms with van der Waals surface area (Å²) in [6.45, 7) is 6.19. The van der Waals surface area contributed by atoms with Gasteiger partial charge in [0.05, 0.1) is 4.92 Å². The number of nitrogens with two attached hydrogens (primary N) is 1. The van der Waals surface area contributed by atoms with Gasteiger partial charge in [0.15, 0.2) is 0 Å². The molecule has 1 rings (SSSR count). The van der Waals surface area contributed by atoms with Crippen molar-refractivity contribution in [3.8, 4) is 0 Å². The second-order valence-corrected chi connectivity index (χ2v) is 4.86. The zero-order chi connectivity index (χ0) is 15.3. The Hall–Kier alpha value is -2.11. The van der Waals surface area contributed by atoms with Crippen LogP contribution in [0.2, 0.25) is 0 Å². The summed E-state index contributed by atoms with van der Waals surface area (Å²) in [7, 11) is 0. The maximum Gasteiger partial charge on any atom is 0.293 e. The Balaban J connectivity index is 3.06.